The predicted molar refractivity (Wildman–Crippen MR) is 124 cm³/mol. The highest BCUT2D eigenvalue weighted by molar-refractivity contribution is 7.89. The second-order valence-corrected chi connectivity index (χ2v) is 10.6. The normalized spacial score (nSPS) is 16.6. The van der Waals surface area contributed by atoms with Gasteiger partial charge in [0.15, 0.2) is 5.84 Å². The minimum atomic E-state index is -4.17. The Bertz CT molecular complexity index is 1440. The van der Waals surface area contributed by atoms with Crippen molar-refractivity contribution in [1.82, 2.24) is 10.0 Å². The molecule has 0 spiro atoms. The van der Waals surface area contributed by atoms with Crippen molar-refractivity contribution in [3.63, 3.8) is 0 Å². The quantitative estimate of drug-likeness (QED) is 0.173. The zero-order valence-corrected chi connectivity index (χ0v) is 19.6. The van der Waals surface area contributed by atoms with Crippen LogP contribution in [0.4, 0.5) is 0 Å². The van der Waals surface area contributed by atoms with Crippen molar-refractivity contribution < 1.29 is 32.7 Å². The molecule has 1 aromatic heterocycles. The van der Waals surface area contributed by atoms with Crippen molar-refractivity contribution in [3.05, 3.63) is 42.0 Å². The van der Waals surface area contributed by atoms with Crippen LogP contribution in [0.5, 0.6) is 0 Å². The van der Waals surface area contributed by atoms with Crippen molar-refractivity contribution in [3.8, 4) is 0 Å². The molecule has 10 nitrogen and oxygen atoms in total. The van der Waals surface area contributed by atoms with Crippen molar-refractivity contribution in [2.45, 2.75) is 44.0 Å². The Hall–Kier alpha value is -3.44. The number of oxime groups is 1. The Kier molecular flexibility index (Phi) is 5.86. The summed E-state index contributed by atoms with van der Waals surface area (Å²) in [6.07, 6.45) is 1.61. The number of hydrogen-bond donors (Lipinski definition) is 4. The van der Waals surface area contributed by atoms with Gasteiger partial charge in [-0.05, 0) is 56.0 Å². The van der Waals surface area contributed by atoms with Gasteiger partial charge in [0.2, 0.25) is 15.9 Å². The first-order valence-electron chi connectivity index (χ1n) is 10.7. The lowest BCUT2D eigenvalue weighted by Gasteiger charge is -2.29. The van der Waals surface area contributed by atoms with Crippen LogP contribution in [0.15, 0.2) is 50.9 Å². The number of nitrogens with one attached hydrogen (secondary N) is 2. The number of carbonyl (C=O) groups excluding carboxylic acids is 1. The summed E-state index contributed by atoms with van der Waals surface area (Å²) >= 11 is 0. The number of hydrogen-bond acceptors (Lipinski definition) is 7. The fraction of sp³-hybridized carbons (Fsp3) is 0.348. The summed E-state index contributed by atoms with van der Waals surface area (Å²) in [6.45, 7) is 4.56. The molecule has 2 aromatic carbocycles. The summed E-state index contributed by atoms with van der Waals surface area (Å²) in [5.41, 5.74) is -0.494. The topological polar surface area (TPSA) is 158 Å². The summed E-state index contributed by atoms with van der Waals surface area (Å²) in [5, 5.41) is 26.0. The fourth-order valence-corrected chi connectivity index (χ4v) is 5.05. The first-order valence-corrected chi connectivity index (χ1v) is 12.2. The molecule has 1 amide bonds. The summed E-state index contributed by atoms with van der Waals surface area (Å²) in [4.78, 5) is 23.7. The molecule has 180 valence electrons. The number of benzene rings is 2. The molecule has 1 aliphatic rings. The Morgan fingerprint density at radius 1 is 1.12 bits per heavy atom. The van der Waals surface area contributed by atoms with E-state index in [4.69, 9.17) is 4.42 Å². The summed E-state index contributed by atoms with van der Waals surface area (Å²) in [6, 6.07) is 9.18. The van der Waals surface area contributed by atoms with Crippen LogP contribution in [0.25, 0.3) is 21.9 Å². The molecule has 0 radical (unpaired) electrons. The van der Waals surface area contributed by atoms with Crippen molar-refractivity contribution in [1.29, 1.82) is 0 Å². The average Bonchev–Trinajstić information content (AvgIpc) is 3.57. The monoisotopic (exact) mass is 487 g/mol. The summed E-state index contributed by atoms with van der Waals surface area (Å²) in [5.74, 6) is -2.04. The van der Waals surface area contributed by atoms with E-state index in [2.05, 4.69) is 15.2 Å². The van der Waals surface area contributed by atoms with E-state index < -0.39 is 27.4 Å². The first kappa shape index (κ1) is 23.7. The molecular weight excluding hydrogens is 462 g/mol. The minimum absolute atomic E-state index is 0.0122. The zero-order chi connectivity index (χ0) is 24.8. The zero-order valence-electron chi connectivity index (χ0n) is 18.8. The molecule has 3 aromatic rings. The number of carbonyl (C=O) groups is 2. The van der Waals surface area contributed by atoms with E-state index in [0.717, 1.165) is 12.8 Å². The molecule has 1 saturated carbocycles. The smallest absolute Gasteiger partial charge is 0.324 e. The van der Waals surface area contributed by atoms with Crippen molar-refractivity contribution in [2.75, 3.05) is 0 Å². The Balaban J connectivity index is 1.70. The third-order valence-electron chi connectivity index (χ3n) is 6.26. The maximum atomic E-state index is 13.0. The van der Waals surface area contributed by atoms with Gasteiger partial charge in [-0.25, -0.2) is 8.42 Å². The molecule has 1 atom stereocenters. The van der Waals surface area contributed by atoms with Crippen LogP contribution in [0, 0.1) is 11.8 Å². The van der Waals surface area contributed by atoms with Gasteiger partial charge in [0.25, 0.3) is 0 Å². The van der Waals surface area contributed by atoms with Gasteiger partial charge in [-0.2, -0.15) is 4.72 Å². The number of fused-ring (bicyclic) bond motifs is 3. The SMILES string of the molecule is CC(C)[C@](C)(NS(=O)(=O)c1ccc2c(c1)oc1ccc(C(=NO)NC(=O)C3CC3)cc12)C(=O)O. The Morgan fingerprint density at radius 3 is 2.41 bits per heavy atom. The van der Waals surface area contributed by atoms with Crippen LogP contribution in [0.1, 0.15) is 39.2 Å². The lowest BCUT2D eigenvalue weighted by molar-refractivity contribution is -0.145. The molecule has 1 fully saturated rings. The highest BCUT2D eigenvalue weighted by Crippen LogP contribution is 2.32. The molecule has 0 saturated heterocycles. The number of carboxylic acid groups (broad SMARTS) is 1. The van der Waals surface area contributed by atoms with Gasteiger partial charge >= 0.3 is 5.97 Å². The van der Waals surface area contributed by atoms with E-state index in [1.807, 2.05) is 0 Å². The lowest BCUT2D eigenvalue weighted by atomic mass is 9.90. The second-order valence-electron chi connectivity index (χ2n) is 8.95. The summed E-state index contributed by atoms with van der Waals surface area (Å²) in [7, 11) is -4.17. The van der Waals surface area contributed by atoms with Gasteiger partial charge in [0.1, 0.15) is 16.7 Å². The fourth-order valence-electron chi connectivity index (χ4n) is 3.54. The van der Waals surface area contributed by atoms with E-state index in [-0.39, 0.29) is 28.1 Å². The van der Waals surface area contributed by atoms with Crippen LogP contribution >= 0.6 is 0 Å². The molecule has 4 rings (SSSR count). The number of nitrogens with zero attached hydrogens (tertiary/aromatic N) is 1. The molecule has 0 aliphatic heterocycles. The number of amides is 1. The highest BCUT2D eigenvalue weighted by Gasteiger charge is 2.41. The van der Waals surface area contributed by atoms with E-state index in [1.54, 1.807) is 38.1 Å². The largest absolute Gasteiger partial charge is 0.480 e. The number of carboxylic acids is 1. The van der Waals surface area contributed by atoms with Crippen LogP contribution in [0.3, 0.4) is 0 Å². The number of rotatable bonds is 7. The lowest BCUT2D eigenvalue weighted by Crippen LogP contribution is -2.55. The van der Waals surface area contributed by atoms with Crippen LogP contribution in [-0.4, -0.2) is 42.0 Å². The molecule has 1 aliphatic carbocycles. The molecular formula is C23H25N3O7S. The minimum Gasteiger partial charge on any atom is -0.480 e. The van der Waals surface area contributed by atoms with Gasteiger partial charge < -0.3 is 20.0 Å². The number of furan rings is 1. The number of aliphatic carboxylic acids is 1. The first-order chi connectivity index (χ1) is 16.0. The van der Waals surface area contributed by atoms with E-state index in [9.17, 15) is 28.3 Å². The summed E-state index contributed by atoms with van der Waals surface area (Å²) < 4.78 is 34.0. The van der Waals surface area contributed by atoms with E-state index in [0.29, 0.717) is 21.9 Å². The van der Waals surface area contributed by atoms with Gasteiger partial charge in [-0.1, -0.05) is 19.0 Å². The maximum absolute atomic E-state index is 13.0. The van der Waals surface area contributed by atoms with Crippen LogP contribution in [0.2, 0.25) is 0 Å². The molecule has 11 heteroatoms. The standard InChI is InChI=1S/C23H25N3O7S/c1-12(2)23(3,22(28)29)26-34(31,32)15-7-8-16-17-10-14(6-9-18(17)33-19(16)11-15)20(25-30)24-21(27)13-4-5-13/h6-13,26,30H,4-5H2,1-3H3,(H,28,29)(H,24,25,27)/t23-/m0/s1. The van der Waals surface area contributed by atoms with Gasteiger partial charge in [-0.3, -0.25) is 9.59 Å². The Labute approximate surface area is 195 Å². The third kappa shape index (κ3) is 4.24. The van der Waals surface area contributed by atoms with Gasteiger partial charge in [0, 0.05) is 28.3 Å². The van der Waals surface area contributed by atoms with Crippen LogP contribution in [-0.2, 0) is 19.6 Å². The van der Waals surface area contributed by atoms with Gasteiger partial charge in [0.05, 0.1) is 4.90 Å². The second kappa shape index (κ2) is 8.41. The maximum Gasteiger partial charge on any atom is 0.324 e. The van der Waals surface area contributed by atoms with Crippen molar-refractivity contribution in [2.24, 2.45) is 17.0 Å². The molecule has 4 N–H and O–H groups in total. The molecule has 34 heavy (non-hydrogen) atoms. The number of amidine groups is 1. The van der Waals surface area contributed by atoms with E-state index in [1.165, 1.54) is 19.1 Å². The van der Waals surface area contributed by atoms with Gasteiger partial charge in [-0.15, -0.1) is 0 Å². The average molecular weight is 488 g/mol. The molecule has 0 bridgehead atoms. The van der Waals surface area contributed by atoms with Crippen molar-refractivity contribution >= 4 is 49.7 Å². The highest BCUT2D eigenvalue weighted by atomic mass is 32.2. The number of sulfonamides is 1. The molecule has 1 heterocycles. The van der Waals surface area contributed by atoms with Crippen LogP contribution < -0.4 is 10.0 Å². The predicted octanol–water partition coefficient (Wildman–Crippen LogP) is 3.03. The van der Waals surface area contributed by atoms with E-state index >= 15 is 0 Å². The molecule has 0 unspecified atom stereocenters. The third-order valence-corrected chi connectivity index (χ3v) is 7.83. The Morgan fingerprint density at radius 2 is 1.82 bits per heavy atom.